The summed E-state index contributed by atoms with van der Waals surface area (Å²) < 4.78 is 11.2. The van der Waals surface area contributed by atoms with Gasteiger partial charge in [0.25, 0.3) is 0 Å². The predicted molar refractivity (Wildman–Crippen MR) is 104 cm³/mol. The topological polar surface area (TPSA) is 38.7 Å². The van der Waals surface area contributed by atoms with E-state index in [2.05, 4.69) is 13.0 Å². The molecule has 0 unspecified atom stereocenters. The number of allylic oxidation sites excluding steroid dienone is 3. The molecule has 0 amide bonds. The van der Waals surface area contributed by atoms with Crippen LogP contribution in [-0.2, 0) is 9.47 Å². The molecule has 6 atom stereocenters. The Hall–Kier alpha value is -0.800. The summed E-state index contributed by atoms with van der Waals surface area (Å²) in [4.78, 5) is 0. The van der Waals surface area contributed by atoms with Crippen LogP contribution < -0.4 is 0 Å². The van der Waals surface area contributed by atoms with Crippen molar-refractivity contribution in [3.63, 3.8) is 0 Å². The van der Waals surface area contributed by atoms with Gasteiger partial charge in [0.05, 0.1) is 25.6 Å². The molecule has 0 aromatic carbocycles. The fourth-order valence-corrected chi connectivity index (χ4v) is 7.52. The molecule has 0 heterocycles. The molecule has 3 nitrogen and oxygen atoms in total. The average Bonchev–Trinajstić information content (AvgIpc) is 2.95. The van der Waals surface area contributed by atoms with E-state index in [1.54, 1.807) is 25.4 Å². The Bertz CT molecular complexity index is 619. The van der Waals surface area contributed by atoms with Gasteiger partial charge < -0.3 is 14.6 Å². The Morgan fingerprint density at radius 3 is 2.73 bits per heavy atom. The zero-order chi connectivity index (χ0) is 18.5. The molecule has 0 radical (unpaired) electrons. The molecule has 4 aliphatic carbocycles. The second-order valence-corrected chi connectivity index (χ2v) is 9.56. The highest BCUT2D eigenvalue weighted by atomic mass is 16.5. The molecule has 0 spiro atoms. The van der Waals surface area contributed by atoms with E-state index < -0.39 is 0 Å². The van der Waals surface area contributed by atoms with Crippen LogP contribution in [0.25, 0.3) is 0 Å². The lowest BCUT2D eigenvalue weighted by atomic mass is 9.49. The zero-order valence-electron chi connectivity index (χ0n) is 17.0. The Balaban J connectivity index is 1.62. The number of rotatable bonds is 4. The van der Waals surface area contributed by atoms with Crippen LogP contribution in [0, 0.1) is 28.6 Å². The number of ether oxygens (including phenoxy) is 2. The first-order valence-corrected chi connectivity index (χ1v) is 10.6. The first kappa shape index (κ1) is 18.6. The number of hydrogen-bond donors (Lipinski definition) is 1. The molecule has 26 heavy (non-hydrogen) atoms. The summed E-state index contributed by atoms with van der Waals surface area (Å²) in [5.41, 5.74) is 3.55. The van der Waals surface area contributed by atoms with Gasteiger partial charge in [-0.15, -0.1) is 0 Å². The molecular weight excluding hydrogens is 324 g/mol. The summed E-state index contributed by atoms with van der Waals surface area (Å²) in [6, 6.07) is 0. The maximum absolute atomic E-state index is 10.8. The minimum Gasteiger partial charge on any atom is -0.501 e. The molecule has 0 bridgehead atoms. The quantitative estimate of drug-likeness (QED) is 0.728. The van der Waals surface area contributed by atoms with Gasteiger partial charge in [-0.05, 0) is 81.1 Å². The van der Waals surface area contributed by atoms with Gasteiger partial charge in [0, 0.05) is 18.9 Å². The summed E-state index contributed by atoms with van der Waals surface area (Å²) in [5, 5.41) is 10.8. The second kappa shape index (κ2) is 6.67. The lowest BCUT2D eigenvalue weighted by molar-refractivity contribution is -0.126. The minimum atomic E-state index is -0.297. The van der Waals surface area contributed by atoms with Gasteiger partial charge in [-0.25, -0.2) is 0 Å². The van der Waals surface area contributed by atoms with Crippen LogP contribution in [0.5, 0.6) is 0 Å². The third-order valence-corrected chi connectivity index (χ3v) is 8.95. The van der Waals surface area contributed by atoms with Crippen molar-refractivity contribution in [2.45, 2.75) is 71.3 Å². The first-order chi connectivity index (χ1) is 12.5. The van der Waals surface area contributed by atoms with Crippen molar-refractivity contribution < 1.29 is 14.6 Å². The van der Waals surface area contributed by atoms with Crippen LogP contribution in [0.2, 0.25) is 0 Å². The van der Waals surface area contributed by atoms with E-state index in [4.69, 9.17) is 9.47 Å². The molecule has 4 aliphatic rings. The first-order valence-electron chi connectivity index (χ1n) is 10.6. The third kappa shape index (κ3) is 2.46. The molecule has 0 aromatic rings. The Kier molecular flexibility index (Phi) is 4.76. The van der Waals surface area contributed by atoms with Crippen LogP contribution in [-0.4, -0.2) is 32.0 Å². The Morgan fingerprint density at radius 2 is 2.04 bits per heavy atom. The van der Waals surface area contributed by atoms with Crippen LogP contribution in [0.1, 0.15) is 65.2 Å². The Labute approximate surface area is 158 Å². The molecule has 1 N–H and O–H groups in total. The summed E-state index contributed by atoms with van der Waals surface area (Å²) in [7, 11) is 3.60. The van der Waals surface area contributed by atoms with Gasteiger partial charge in [-0.1, -0.05) is 18.1 Å². The van der Waals surface area contributed by atoms with E-state index >= 15 is 0 Å². The van der Waals surface area contributed by atoms with Crippen molar-refractivity contribution in [2.24, 2.45) is 28.6 Å². The normalized spacial score (nSPS) is 43.3. The number of fused-ring (bicyclic) bond motifs is 4. The second-order valence-electron chi connectivity index (χ2n) is 9.56. The number of hydrogen-bond acceptors (Lipinski definition) is 3. The van der Waals surface area contributed by atoms with Crippen LogP contribution in [0.3, 0.4) is 0 Å². The van der Waals surface area contributed by atoms with Crippen LogP contribution in [0.15, 0.2) is 23.0 Å². The highest BCUT2D eigenvalue weighted by Gasteiger charge is 2.63. The SMILES string of the molecule is COC[C@]1([C@H](C)O)CC[C@H]2[C@@H]3CCC4=C(CC=C(OC)C4)[C@H]3CC[C@@]21C. The largest absolute Gasteiger partial charge is 0.501 e. The highest BCUT2D eigenvalue weighted by molar-refractivity contribution is 5.33. The van der Waals surface area contributed by atoms with E-state index in [1.807, 2.05) is 6.92 Å². The van der Waals surface area contributed by atoms with Crippen molar-refractivity contribution in [3.05, 3.63) is 23.0 Å². The summed E-state index contributed by atoms with van der Waals surface area (Å²) in [6.45, 7) is 5.17. The smallest absolute Gasteiger partial charge is 0.0959 e. The standard InChI is InChI=1S/C23H36O3/c1-15(24)23(14-25-3)12-10-21-20-7-5-16-13-17(26-4)6-8-18(16)19(20)9-11-22(21,23)2/h6,15,19-21,24H,5,7-14H2,1-4H3/t15-,19+,20+,21-,22-,23-/m0/s1. The molecule has 0 aromatic heterocycles. The third-order valence-electron chi connectivity index (χ3n) is 8.95. The predicted octanol–water partition coefficient (Wildman–Crippen LogP) is 4.86. The van der Waals surface area contributed by atoms with E-state index in [9.17, 15) is 5.11 Å². The number of aliphatic hydroxyl groups excluding tert-OH is 1. The average molecular weight is 361 g/mol. The molecular formula is C23H36O3. The van der Waals surface area contributed by atoms with E-state index in [-0.39, 0.29) is 16.9 Å². The fourth-order valence-electron chi connectivity index (χ4n) is 7.52. The van der Waals surface area contributed by atoms with Gasteiger partial charge in [0.1, 0.15) is 0 Å². The number of methoxy groups -OCH3 is 2. The van der Waals surface area contributed by atoms with E-state index in [1.165, 1.54) is 32.1 Å². The van der Waals surface area contributed by atoms with Crippen LogP contribution >= 0.6 is 0 Å². The van der Waals surface area contributed by atoms with Crippen molar-refractivity contribution in [2.75, 3.05) is 20.8 Å². The maximum atomic E-state index is 10.8. The van der Waals surface area contributed by atoms with Crippen molar-refractivity contribution in [1.29, 1.82) is 0 Å². The van der Waals surface area contributed by atoms with Crippen molar-refractivity contribution >= 4 is 0 Å². The highest BCUT2D eigenvalue weighted by Crippen LogP contribution is 2.68. The summed E-state index contributed by atoms with van der Waals surface area (Å²) in [6.07, 6.45) is 11.6. The fraction of sp³-hybridized carbons (Fsp3) is 0.826. The van der Waals surface area contributed by atoms with Gasteiger partial charge in [0.2, 0.25) is 0 Å². The van der Waals surface area contributed by atoms with E-state index in [0.29, 0.717) is 6.61 Å². The lowest BCUT2D eigenvalue weighted by Crippen LogP contribution is -2.53. The minimum absolute atomic E-state index is 0.0677. The lowest BCUT2D eigenvalue weighted by Gasteiger charge is -2.56. The molecule has 2 fully saturated rings. The molecule has 3 heteroatoms. The molecule has 2 saturated carbocycles. The van der Waals surface area contributed by atoms with Gasteiger partial charge in [-0.3, -0.25) is 0 Å². The molecule has 0 aliphatic heterocycles. The summed E-state index contributed by atoms with van der Waals surface area (Å²) in [5.74, 6) is 3.45. The number of aliphatic hydroxyl groups is 1. The van der Waals surface area contributed by atoms with E-state index in [0.717, 1.165) is 42.8 Å². The maximum Gasteiger partial charge on any atom is 0.0959 e. The molecule has 4 rings (SSSR count). The summed E-state index contributed by atoms with van der Waals surface area (Å²) >= 11 is 0. The van der Waals surface area contributed by atoms with Gasteiger partial charge in [0.15, 0.2) is 0 Å². The monoisotopic (exact) mass is 360 g/mol. The van der Waals surface area contributed by atoms with Gasteiger partial charge >= 0.3 is 0 Å². The van der Waals surface area contributed by atoms with Crippen LogP contribution in [0.4, 0.5) is 0 Å². The Morgan fingerprint density at radius 1 is 1.23 bits per heavy atom. The van der Waals surface area contributed by atoms with Crippen molar-refractivity contribution in [1.82, 2.24) is 0 Å². The molecule has 146 valence electrons. The van der Waals surface area contributed by atoms with Gasteiger partial charge in [-0.2, -0.15) is 0 Å². The zero-order valence-corrected chi connectivity index (χ0v) is 17.0. The molecule has 0 saturated heterocycles. The van der Waals surface area contributed by atoms with Crippen molar-refractivity contribution in [3.8, 4) is 0 Å².